The van der Waals surface area contributed by atoms with Crippen LogP contribution in [0.25, 0.3) is 0 Å². The number of morpholine rings is 1. The van der Waals surface area contributed by atoms with E-state index in [4.69, 9.17) is 4.74 Å². The Balaban J connectivity index is 1.89. The van der Waals surface area contributed by atoms with Gasteiger partial charge in [0.25, 0.3) is 0 Å². The van der Waals surface area contributed by atoms with Gasteiger partial charge in [0.05, 0.1) is 0 Å². The number of carbonyl (C=O) groups excluding carboxylic acids is 1. The topological polar surface area (TPSA) is 81.5 Å². The van der Waals surface area contributed by atoms with Gasteiger partial charge in [0.2, 0.25) is 6.04 Å². The van der Waals surface area contributed by atoms with Gasteiger partial charge in [-0.3, -0.25) is 10.1 Å². The van der Waals surface area contributed by atoms with Crippen LogP contribution < -0.4 is 5.32 Å². The average Bonchev–Trinajstić information content (AvgIpc) is 2.67. The Hall–Kier alpha value is -2.09. The Morgan fingerprint density at radius 1 is 1.26 bits per heavy atom. The highest BCUT2D eigenvalue weighted by atomic mass is 79.9. The molecular formula is C20H21BrN2O4. The van der Waals surface area contributed by atoms with Crippen LogP contribution in [0.3, 0.4) is 0 Å². The highest BCUT2D eigenvalue weighted by Crippen LogP contribution is 2.30. The van der Waals surface area contributed by atoms with Crippen molar-refractivity contribution < 1.29 is 14.5 Å². The smallest absolute Gasteiger partial charge is 0.235 e. The maximum atomic E-state index is 11.9. The maximum absolute atomic E-state index is 11.9. The van der Waals surface area contributed by atoms with E-state index in [0.717, 1.165) is 27.4 Å². The molecule has 1 fully saturated rings. The number of hydrogen-bond acceptors (Lipinski definition) is 5. The number of halogens is 1. The zero-order valence-corrected chi connectivity index (χ0v) is 16.5. The largest absolute Gasteiger partial charge is 0.360 e. The predicted molar refractivity (Wildman–Crippen MR) is 105 cm³/mol. The molecule has 27 heavy (non-hydrogen) atoms. The molecule has 7 heteroatoms. The van der Waals surface area contributed by atoms with Gasteiger partial charge in [-0.2, -0.15) is 0 Å². The quantitative estimate of drug-likeness (QED) is 0.430. The lowest BCUT2D eigenvalue weighted by Crippen LogP contribution is -2.56. The third-order valence-corrected chi connectivity index (χ3v) is 5.33. The first-order valence-electron chi connectivity index (χ1n) is 8.76. The van der Waals surface area contributed by atoms with E-state index in [1.165, 1.54) is 0 Å². The van der Waals surface area contributed by atoms with Crippen molar-refractivity contribution in [3.8, 4) is 0 Å². The first-order valence-corrected chi connectivity index (χ1v) is 9.56. The summed E-state index contributed by atoms with van der Waals surface area (Å²) in [6.45, 7) is 2.24. The summed E-state index contributed by atoms with van der Waals surface area (Å²) >= 11 is 3.39. The van der Waals surface area contributed by atoms with Crippen molar-refractivity contribution >= 4 is 22.2 Å². The molecule has 4 atom stereocenters. The van der Waals surface area contributed by atoms with Crippen LogP contribution in [0, 0.1) is 17.0 Å². The number of nitro groups is 1. The molecule has 142 valence electrons. The third-order valence-electron chi connectivity index (χ3n) is 4.80. The monoisotopic (exact) mass is 432 g/mol. The molecule has 6 nitrogen and oxygen atoms in total. The summed E-state index contributed by atoms with van der Waals surface area (Å²) in [5, 5.41) is 15.1. The molecule has 0 amide bonds. The molecule has 1 N–H and O–H groups in total. The van der Waals surface area contributed by atoms with Crippen molar-refractivity contribution in [3.05, 3.63) is 79.8 Å². The number of carbonyl (C=O) groups is 1. The van der Waals surface area contributed by atoms with Crippen LogP contribution in [0.2, 0.25) is 0 Å². The number of nitrogens with zero attached hydrogens (tertiary/aromatic N) is 1. The number of nitrogens with one attached hydrogen (secondary N) is 1. The van der Waals surface area contributed by atoms with Gasteiger partial charge in [-0.15, -0.1) is 0 Å². The Labute approximate surface area is 166 Å². The molecule has 0 saturated carbocycles. The van der Waals surface area contributed by atoms with Crippen LogP contribution in [0.5, 0.6) is 0 Å². The Kier molecular flexibility index (Phi) is 6.36. The number of hydrogen-bond donors (Lipinski definition) is 1. The summed E-state index contributed by atoms with van der Waals surface area (Å²) in [5.41, 5.74) is 2.81. The molecule has 0 bridgehead atoms. The van der Waals surface area contributed by atoms with Crippen LogP contribution >= 0.6 is 15.9 Å². The molecule has 1 aliphatic rings. The van der Waals surface area contributed by atoms with Crippen molar-refractivity contribution in [3.63, 3.8) is 0 Å². The van der Waals surface area contributed by atoms with Crippen LogP contribution in [0.15, 0.2) is 53.0 Å². The summed E-state index contributed by atoms with van der Waals surface area (Å²) in [7, 11) is 0. The van der Waals surface area contributed by atoms with Crippen molar-refractivity contribution in [1.29, 1.82) is 0 Å². The zero-order valence-electron chi connectivity index (χ0n) is 14.9. The van der Waals surface area contributed by atoms with Gasteiger partial charge in [-0.1, -0.05) is 57.9 Å². The number of rotatable bonds is 6. The third kappa shape index (κ3) is 4.80. The fourth-order valence-corrected chi connectivity index (χ4v) is 3.60. The van der Waals surface area contributed by atoms with E-state index in [9.17, 15) is 14.9 Å². The molecule has 1 saturated heterocycles. The SMILES string of the molecule is Cc1ccc(C[C@@H]([C@H]2NC[C@H](C=O)O[C@H]2c2ccc(Br)cc2)[N+](=O)[O-])cc1. The lowest BCUT2D eigenvalue weighted by molar-refractivity contribution is -0.530. The minimum absolute atomic E-state index is 0.256. The first kappa shape index (κ1) is 19.7. The summed E-state index contributed by atoms with van der Waals surface area (Å²) < 4.78 is 6.82. The fourth-order valence-electron chi connectivity index (χ4n) is 3.33. The van der Waals surface area contributed by atoms with Gasteiger partial charge in [-0.25, -0.2) is 0 Å². The maximum Gasteiger partial charge on any atom is 0.235 e. The normalized spacial score (nSPS) is 23.6. The molecule has 0 aromatic heterocycles. The first-order chi connectivity index (χ1) is 13.0. The van der Waals surface area contributed by atoms with E-state index in [2.05, 4.69) is 21.2 Å². The van der Waals surface area contributed by atoms with Crippen molar-refractivity contribution in [1.82, 2.24) is 5.32 Å². The molecule has 0 unspecified atom stereocenters. The predicted octanol–water partition coefficient (Wildman–Crippen LogP) is 3.24. The summed E-state index contributed by atoms with van der Waals surface area (Å²) in [6, 6.07) is 13.8. The van der Waals surface area contributed by atoms with Crippen molar-refractivity contribution in [2.45, 2.75) is 37.6 Å². The molecule has 0 spiro atoms. The van der Waals surface area contributed by atoms with E-state index in [0.29, 0.717) is 0 Å². The summed E-state index contributed by atoms with van der Waals surface area (Å²) in [6.07, 6.45) is -0.187. The van der Waals surface area contributed by atoms with Crippen molar-refractivity contribution in [2.75, 3.05) is 6.54 Å². The fraction of sp³-hybridized carbons (Fsp3) is 0.350. The second-order valence-corrected chi connectivity index (χ2v) is 7.67. The van der Waals surface area contributed by atoms with E-state index in [1.807, 2.05) is 55.5 Å². The average molecular weight is 433 g/mol. The number of ether oxygens (including phenoxy) is 1. The van der Waals surface area contributed by atoms with Gasteiger partial charge in [0.15, 0.2) is 0 Å². The molecule has 0 radical (unpaired) electrons. The van der Waals surface area contributed by atoms with E-state index >= 15 is 0 Å². The highest BCUT2D eigenvalue weighted by Gasteiger charge is 2.42. The van der Waals surface area contributed by atoms with Gasteiger partial charge in [-0.05, 0) is 30.2 Å². The number of benzene rings is 2. The Morgan fingerprint density at radius 2 is 1.93 bits per heavy atom. The van der Waals surface area contributed by atoms with Crippen LogP contribution in [-0.2, 0) is 16.0 Å². The molecule has 2 aromatic rings. The lowest BCUT2D eigenvalue weighted by atomic mass is 9.90. The second kappa shape index (κ2) is 8.73. The highest BCUT2D eigenvalue weighted by molar-refractivity contribution is 9.10. The molecule has 3 rings (SSSR count). The Morgan fingerprint density at radius 3 is 2.52 bits per heavy atom. The number of aryl methyl sites for hydroxylation is 1. The van der Waals surface area contributed by atoms with E-state index in [-0.39, 0.29) is 17.9 Å². The van der Waals surface area contributed by atoms with Crippen molar-refractivity contribution in [2.24, 2.45) is 0 Å². The Bertz CT molecular complexity index is 795. The number of aldehydes is 1. The van der Waals surface area contributed by atoms with Gasteiger partial charge >= 0.3 is 0 Å². The molecule has 0 aliphatic carbocycles. The standard InChI is InChI=1S/C20H21BrN2O4/c1-13-2-4-14(5-3-13)10-18(23(25)26)19-20(27-17(12-24)11-22-19)15-6-8-16(21)9-7-15/h2-9,12,17-20,22H,10-11H2,1H3/t17-,18+,19-,20+/m1/s1. The van der Waals surface area contributed by atoms with Crippen LogP contribution in [0.4, 0.5) is 0 Å². The van der Waals surface area contributed by atoms with Crippen LogP contribution in [0.1, 0.15) is 22.8 Å². The minimum atomic E-state index is -0.881. The van der Waals surface area contributed by atoms with E-state index in [1.54, 1.807) is 0 Å². The van der Waals surface area contributed by atoms with E-state index < -0.39 is 24.3 Å². The zero-order chi connectivity index (χ0) is 19.4. The van der Waals surface area contributed by atoms with Gasteiger partial charge in [0, 0.05) is 22.4 Å². The van der Waals surface area contributed by atoms with Crippen LogP contribution in [-0.4, -0.2) is 35.9 Å². The lowest BCUT2D eigenvalue weighted by Gasteiger charge is -2.37. The summed E-state index contributed by atoms with van der Waals surface area (Å²) in [4.78, 5) is 22.8. The second-order valence-electron chi connectivity index (χ2n) is 6.76. The molecule has 1 aliphatic heterocycles. The summed E-state index contributed by atoms with van der Waals surface area (Å²) in [5.74, 6) is 0. The molecular weight excluding hydrogens is 412 g/mol. The molecule has 1 heterocycles. The van der Waals surface area contributed by atoms with Gasteiger partial charge in [0.1, 0.15) is 24.5 Å². The molecule has 2 aromatic carbocycles. The minimum Gasteiger partial charge on any atom is -0.360 e. The van der Waals surface area contributed by atoms with Gasteiger partial charge < -0.3 is 14.8 Å².